The van der Waals surface area contributed by atoms with Crippen molar-refractivity contribution in [1.82, 2.24) is 18.6 Å². The Morgan fingerprint density at radius 3 is 2.60 bits per heavy atom. The van der Waals surface area contributed by atoms with E-state index >= 15 is 0 Å². The quantitative estimate of drug-likeness (QED) is 0.131. The van der Waals surface area contributed by atoms with Crippen molar-refractivity contribution in [1.29, 1.82) is 5.41 Å². The number of methoxy groups -OCH3 is 1. The molecule has 3 heterocycles. The van der Waals surface area contributed by atoms with E-state index in [2.05, 4.69) is 18.9 Å². The first-order chi connectivity index (χ1) is 16.9. The molecule has 0 aliphatic carbocycles. The van der Waals surface area contributed by atoms with Crippen LogP contribution in [0.2, 0.25) is 0 Å². The molecule has 1 saturated heterocycles. The Bertz CT molecular complexity index is 1010. The zero-order valence-corrected chi connectivity index (χ0v) is 21.9. The summed E-state index contributed by atoms with van der Waals surface area (Å²) in [5.74, 6) is 7.38. The van der Waals surface area contributed by atoms with Gasteiger partial charge in [-0.1, -0.05) is 6.07 Å². The van der Waals surface area contributed by atoms with Crippen LogP contribution in [0.25, 0.3) is 0 Å². The van der Waals surface area contributed by atoms with Crippen molar-refractivity contribution in [2.45, 2.75) is 45.7 Å². The standard InChI is InChI=1S/C15H20N2O2S.C10H17N5/c1-19-15-9-12-4-7-17(20-16-5-2-3-6-16)10-13(12)8-14(15)11-18;1-7(2)15(12)10(11)8-5-4-6-9(13-3)14-8/h8-9,11H,2-7,10H2,1H3;4-7,11H,12H2,1-3H3,(H,13,14). The van der Waals surface area contributed by atoms with Gasteiger partial charge in [0, 0.05) is 51.4 Å². The van der Waals surface area contributed by atoms with E-state index in [1.165, 1.54) is 42.1 Å². The van der Waals surface area contributed by atoms with Gasteiger partial charge in [-0.25, -0.2) is 19.4 Å². The van der Waals surface area contributed by atoms with E-state index in [0.717, 1.165) is 31.6 Å². The second-order valence-electron chi connectivity index (χ2n) is 8.82. The Labute approximate surface area is 212 Å². The van der Waals surface area contributed by atoms with Gasteiger partial charge in [-0.2, -0.15) is 0 Å². The molecule has 0 amide bonds. The molecular formula is C25H37N7O2S. The average Bonchev–Trinajstić information content (AvgIpc) is 3.40. The number of hydrazine groups is 1. The summed E-state index contributed by atoms with van der Waals surface area (Å²) in [7, 11) is 3.41. The van der Waals surface area contributed by atoms with Crippen LogP contribution in [0.15, 0.2) is 30.3 Å². The van der Waals surface area contributed by atoms with E-state index < -0.39 is 0 Å². The highest BCUT2D eigenvalue weighted by Crippen LogP contribution is 2.31. The minimum atomic E-state index is 0.0811. The van der Waals surface area contributed by atoms with Crippen LogP contribution in [0.5, 0.6) is 5.75 Å². The zero-order chi connectivity index (χ0) is 25.4. The Morgan fingerprint density at radius 2 is 1.97 bits per heavy atom. The number of benzene rings is 1. The summed E-state index contributed by atoms with van der Waals surface area (Å²) < 4.78 is 10.1. The molecular weight excluding hydrogens is 462 g/mol. The number of nitrogens with zero attached hydrogens (tertiary/aromatic N) is 4. The lowest BCUT2D eigenvalue weighted by Gasteiger charge is -2.30. The highest BCUT2D eigenvalue weighted by atomic mass is 32.2. The molecule has 10 heteroatoms. The van der Waals surface area contributed by atoms with Crippen molar-refractivity contribution in [2.24, 2.45) is 5.84 Å². The van der Waals surface area contributed by atoms with Crippen molar-refractivity contribution in [2.75, 3.05) is 39.1 Å². The van der Waals surface area contributed by atoms with E-state index in [1.807, 2.05) is 50.2 Å². The van der Waals surface area contributed by atoms with Gasteiger partial charge in [0.15, 0.2) is 12.1 Å². The number of carbonyl (C=O) groups excluding carboxylic acids is 1. The van der Waals surface area contributed by atoms with Gasteiger partial charge in [0.05, 0.1) is 12.7 Å². The van der Waals surface area contributed by atoms with Gasteiger partial charge in [0.1, 0.15) is 17.3 Å². The molecule has 1 aromatic carbocycles. The minimum absolute atomic E-state index is 0.0811. The Morgan fingerprint density at radius 1 is 1.23 bits per heavy atom. The van der Waals surface area contributed by atoms with Gasteiger partial charge < -0.3 is 10.1 Å². The fourth-order valence-corrected chi connectivity index (χ4v) is 5.07. The Balaban J connectivity index is 0.000000205. The predicted octanol–water partition coefficient (Wildman–Crippen LogP) is 3.56. The summed E-state index contributed by atoms with van der Waals surface area (Å²) in [5, 5.41) is 12.2. The van der Waals surface area contributed by atoms with Crippen LogP contribution in [-0.4, -0.2) is 70.6 Å². The Kier molecular flexibility index (Phi) is 9.91. The number of carbonyl (C=O) groups is 1. The SMILES string of the molecule is CNc1cccc(C(=N)N(N)C(C)C)n1.COc1cc2c(cc1C=O)CN(SN1CCCC1)CC2. The molecule has 1 fully saturated rings. The third-order valence-electron chi connectivity index (χ3n) is 6.01. The van der Waals surface area contributed by atoms with Gasteiger partial charge in [0.2, 0.25) is 0 Å². The topological polar surface area (TPSA) is 111 Å². The predicted molar refractivity (Wildman–Crippen MR) is 143 cm³/mol. The molecule has 4 rings (SSSR count). The van der Waals surface area contributed by atoms with Gasteiger partial charge in [-0.15, -0.1) is 0 Å². The molecule has 35 heavy (non-hydrogen) atoms. The summed E-state index contributed by atoms with van der Waals surface area (Å²) in [6, 6.07) is 9.54. The second-order valence-corrected chi connectivity index (χ2v) is 10.0. The number of nitrogens with two attached hydrogens (primary N) is 1. The number of amidine groups is 1. The average molecular weight is 500 g/mol. The number of hydrogen-bond donors (Lipinski definition) is 3. The number of pyridine rings is 1. The molecule has 4 N–H and O–H groups in total. The number of aldehydes is 1. The van der Waals surface area contributed by atoms with Gasteiger partial charge in [0.25, 0.3) is 0 Å². The molecule has 0 radical (unpaired) electrons. The number of aromatic nitrogens is 1. The smallest absolute Gasteiger partial charge is 0.161 e. The first kappa shape index (κ1) is 26.9. The molecule has 0 bridgehead atoms. The normalized spacial score (nSPS) is 15.7. The molecule has 9 nitrogen and oxygen atoms in total. The van der Waals surface area contributed by atoms with E-state index in [4.69, 9.17) is 16.0 Å². The molecule has 190 valence electrons. The number of ether oxygens (including phenoxy) is 1. The molecule has 2 aliphatic rings. The molecule has 2 aliphatic heterocycles. The van der Waals surface area contributed by atoms with Crippen LogP contribution in [-0.2, 0) is 13.0 Å². The van der Waals surface area contributed by atoms with Crippen LogP contribution >= 0.6 is 12.1 Å². The first-order valence-electron chi connectivity index (χ1n) is 12.0. The van der Waals surface area contributed by atoms with Crippen LogP contribution in [0, 0.1) is 5.41 Å². The third kappa shape index (κ3) is 7.17. The number of nitrogens with one attached hydrogen (secondary N) is 2. The van der Waals surface area contributed by atoms with Gasteiger partial charge >= 0.3 is 0 Å². The fraction of sp³-hybridized carbons (Fsp3) is 0.480. The van der Waals surface area contributed by atoms with Crippen LogP contribution in [0.4, 0.5) is 5.82 Å². The van der Waals surface area contributed by atoms with Crippen molar-refractivity contribution >= 4 is 30.1 Å². The largest absolute Gasteiger partial charge is 0.496 e. The van der Waals surface area contributed by atoms with Crippen molar-refractivity contribution in [3.05, 3.63) is 52.7 Å². The number of anilines is 1. The summed E-state index contributed by atoms with van der Waals surface area (Å²) in [4.78, 5) is 15.4. The third-order valence-corrected chi connectivity index (χ3v) is 7.15. The maximum absolute atomic E-state index is 11.1. The second kappa shape index (κ2) is 12.9. The number of fused-ring (bicyclic) bond motifs is 1. The summed E-state index contributed by atoms with van der Waals surface area (Å²) >= 11 is 1.86. The highest BCUT2D eigenvalue weighted by Gasteiger charge is 2.22. The molecule has 0 saturated carbocycles. The molecule has 2 aromatic rings. The number of hydrogen-bond acceptors (Lipinski definition) is 9. The lowest BCUT2D eigenvalue weighted by Crippen LogP contribution is -2.43. The van der Waals surface area contributed by atoms with Crippen LogP contribution in [0.3, 0.4) is 0 Å². The maximum Gasteiger partial charge on any atom is 0.161 e. The molecule has 0 spiro atoms. The monoisotopic (exact) mass is 499 g/mol. The fourth-order valence-electron chi connectivity index (χ4n) is 3.95. The van der Waals surface area contributed by atoms with E-state index in [-0.39, 0.29) is 11.9 Å². The van der Waals surface area contributed by atoms with Gasteiger partial charge in [-0.05, 0) is 68.5 Å². The van der Waals surface area contributed by atoms with E-state index in [0.29, 0.717) is 17.0 Å². The maximum atomic E-state index is 11.1. The summed E-state index contributed by atoms with van der Waals surface area (Å²) in [5.41, 5.74) is 3.79. The highest BCUT2D eigenvalue weighted by molar-refractivity contribution is 7.94. The zero-order valence-electron chi connectivity index (χ0n) is 21.1. The number of rotatable bonds is 7. The molecule has 0 atom stereocenters. The van der Waals surface area contributed by atoms with Crippen LogP contribution in [0.1, 0.15) is 53.9 Å². The van der Waals surface area contributed by atoms with Crippen molar-refractivity contribution in [3.8, 4) is 5.75 Å². The first-order valence-corrected chi connectivity index (χ1v) is 12.7. The lowest BCUT2D eigenvalue weighted by atomic mass is 9.98. The molecule has 0 unspecified atom stereocenters. The van der Waals surface area contributed by atoms with Gasteiger partial charge in [-0.3, -0.25) is 15.2 Å². The summed E-state index contributed by atoms with van der Waals surface area (Å²) in [6.45, 7) is 8.19. The van der Waals surface area contributed by atoms with Crippen LogP contribution < -0.4 is 15.9 Å². The van der Waals surface area contributed by atoms with E-state index in [1.54, 1.807) is 20.2 Å². The minimum Gasteiger partial charge on any atom is -0.496 e. The Hall–Kier alpha value is -2.66. The summed E-state index contributed by atoms with van der Waals surface area (Å²) in [6.07, 6.45) is 4.52. The van der Waals surface area contributed by atoms with Crippen molar-refractivity contribution in [3.63, 3.8) is 0 Å². The van der Waals surface area contributed by atoms with E-state index in [9.17, 15) is 4.79 Å². The lowest BCUT2D eigenvalue weighted by molar-refractivity contribution is 0.112. The molecule has 1 aromatic heterocycles. The van der Waals surface area contributed by atoms with Crippen molar-refractivity contribution < 1.29 is 9.53 Å².